The monoisotopic (exact) mass is 675 g/mol. The number of nitrogen functional groups attached to an aromatic ring is 1. The van der Waals surface area contributed by atoms with Crippen molar-refractivity contribution in [2.45, 2.75) is 96.9 Å². The summed E-state index contributed by atoms with van der Waals surface area (Å²) >= 11 is 0. The number of anilines is 1. The van der Waals surface area contributed by atoms with Crippen molar-refractivity contribution in [3.05, 3.63) is 30.1 Å². The van der Waals surface area contributed by atoms with Gasteiger partial charge in [0.05, 0.1) is 11.0 Å². The van der Waals surface area contributed by atoms with Crippen LogP contribution in [0.5, 0.6) is 0 Å². The number of carbonyl (C=O) groups excluding carboxylic acids is 6. The molecule has 2 fully saturated rings. The number of rotatable bonds is 16. The zero-order chi connectivity index (χ0) is 34.9. The van der Waals surface area contributed by atoms with Crippen LogP contribution in [0.1, 0.15) is 89.8 Å². The number of nitrogens with two attached hydrogens (primary N) is 1. The predicted molar refractivity (Wildman–Crippen MR) is 180 cm³/mol. The molecule has 2 aliphatic rings. The summed E-state index contributed by atoms with van der Waals surface area (Å²) in [5.74, 6) is -1.60. The number of amides is 4. The molecule has 49 heavy (non-hydrogen) atoms. The van der Waals surface area contributed by atoms with E-state index >= 15 is 0 Å². The smallest absolute Gasteiger partial charge is 0.352 e. The quantitative estimate of drug-likeness (QED) is 0.150. The van der Waals surface area contributed by atoms with Crippen LogP contribution in [0, 0.1) is 11.8 Å². The fourth-order valence-electron chi connectivity index (χ4n) is 6.59. The lowest BCUT2D eigenvalue weighted by molar-refractivity contribution is -0.196. The lowest BCUT2D eigenvalue weighted by Crippen LogP contribution is -2.38. The van der Waals surface area contributed by atoms with Crippen LogP contribution in [-0.2, 0) is 46.6 Å². The maximum atomic E-state index is 12.9. The number of benzene rings is 1. The largest absolute Gasteiger partial charge is 0.382 e. The van der Waals surface area contributed by atoms with Crippen molar-refractivity contribution in [1.82, 2.24) is 30.2 Å². The lowest BCUT2D eigenvalue weighted by Gasteiger charge is -2.27. The first-order valence-electron chi connectivity index (χ1n) is 17.3. The van der Waals surface area contributed by atoms with Crippen LogP contribution in [0.2, 0.25) is 0 Å². The number of hydrogen-bond donors (Lipinski definition) is 3. The number of aryl methyl sites for hydroxylation is 2. The van der Waals surface area contributed by atoms with Crippen LogP contribution in [0.25, 0.3) is 21.9 Å². The molecule has 0 unspecified atom stereocenters. The lowest BCUT2D eigenvalue weighted by atomic mass is 9.79. The molecule has 1 aliphatic heterocycles. The summed E-state index contributed by atoms with van der Waals surface area (Å²) in [4.78, 5) is 86.9. The van der Waals surface area contributed by atoms with E-state index in [4.69, 9.17) is 15.6 Å². The standard InChI is InChI=1S/C35H45N7O7/c1-2-3-10-27-40-32-33(24-8-4-5-9-25(24)39-34(32)36)41(27)20-7-6-19-37-35(48)23-13-11-22(12-14-23)26(43)15-16-28(44)38-21-31(47)49-42-29(45)17-18-30(42)46/h4-5,8-9,22-23H,2-3,6-7,10-21H2,1H3,(H2,36,39)(H,37,48)(H,38,44). The molecule has 4 amide bonds. The number of unbranched alkanes of at least 4 members (excludes halogenated alkanes) is 2. The highest BCUT2D eigenvalue weighted by molar-refractivity contribution is 6.06. The number of nitrogens with zero attached hydrogens (tertiary/aromatic N) is 4. The van der Waals surface area contributed by atoms with E-state index in [0.717, 1.165) is 66.4 Å². The molecule has 3 aromatic rings. The van der Waals surface area contributed by atoms with Gasteiger partial charge in [-0.25, -0.2) is 14.8 Å². The number of Topliss-reactive ketones (excluding diaryl/α,β-unsaturated/α-hetero) is 1. The molecule has 14 nitrogen and oxygen atoms in total. The van der Waals surface area contributed by atoms with Gasteiger partial charge in [-0.1, -0.05) is 31.5 Å². The summed E-state index contributed by atoms with van der Waals surface area (Å²) in [6, 6.07) is 7.97. The average molecular weight is 676 g/mol. The van der Waals surface area contributed by atoms with Crippen molar-refractivity contribution >= 4 is 63.1 Å². The van der Waals surface area contributed by atoms with Gasteiger partial charge in [-0.15, -0.1) is 5.06 Å². The van der Waals surface area contributed by atoms with E-state index in [2.05, 4.69) is 33.2 Å². The molecule has 4 N–H and O–H groups in total. The zero-order valence-corrected chi connectivity index (χ0v) is 28.0. The minimum absolute atomic E-state index is 0.0102. The Bertz CT molecular complexity index is 1710. The first-order valence-corrected chi connectivity index (χ1v) is 17.3. The van der Waals surface area contributed by atoms with Crippen LogP contribution in [0.15, 0.2) is 24.3 Å². The van der Waals surface area contributed by atoms with Gasteiger partial charge in [-0.2, -0.15) is 0 Å². The van der Waals surface area contributed by atoms with Crippen LogP contribution in [-0.4, -0.2) is 68.1 Å². The van der Waals surface area contributed by atoms with Crippen molar-refractivity contribution in [1.29, 1.82) is 0 Å². The summed E-state index contributed by atoms with van der Waals surface area (Å²) in [7, 11) is 0. The number of para-hydroxylation sites is 1. The molecule has 0 bridgehead atoms. The van der Waals surface area contributed by atoms with Crippen molar-refractivity contribution in [2.75, 3.05) is 18.8 Å². The number of pyridine rings is 1. The molecule has 0 atom stereocenters. The van der Waals surface area contributed by atoms with E-state index in [1.165, 1.54) is 0 Å². The second-order valence-electron chi connectivity index (χ2n) is 12.8. The van der Waals surface area contributed by atoms with Crippen LogP contribution < -0.4 is 16.4 Å². The third-order valence-corrected chi connectivity index (χ3v) is 9.33. The Morgan fingerprint density at radius 1 is 0.918 bits per heavy atom. The fraction of sp³-hybridized carbons (Fsp3) is 0.543. The molecular formula is C35H45N7O7. The molecule has 1 saturated carbocycles. The molecular weight excluding hydrogens is 630 g/mol. The minimum atomic E-state index is -0.944. The van der Waals surface area contributed by atoms with Crippen LogP contribution >= 0.6 is 0 Å². The SMILES string of the molecule is CCCCc1nc2c(N)nc3ccccc3c2n1CCCCNC(=O)C1CCC(C(=O)CCC(=O)NCC(=O)ON2C(=O)CCC2=O)CC1. The Hall–Kier alpha value is -4.88. The zero-order valence-electron chi connectivity index (χ0n) is 28.0. The highest BCUT2D eigenvalue weighted by atomic mass is 16.7. The maximum Gasteiger partial charge on any atom is 0.352 e. The molecule has 0 spiro atoms. The summed E-state index contributed by atoms with van der Waals surface area (Å²) in [6.07, 6.45) is 6.89. The van der Waals surface area contributed by atoms with E-state index in [0.29, 0.717) is 43.1 Å². The molecule has 1 saturated heterocycles. The van der Waals surface area contributed by atoms with Crippen LogP contribution in [0.4, 0.5) is 5.82 Å². The van der Waals surface area contributed by atoms with Gasteiger partial charge in [0.25, 0.3) is 11.8 Å². The first-order chi connectivity index (χ1) is 23.7. The van der Waals surface area contributed by atoms with E-state index in [9.17, 15) is 28.8 Å². The van der Waals surface area contributed by atoms with E-state index < -0.39 is 30.2 Å². The molecule has 262 valence electrons. The van der Waals surface area contributed by atoms with Crippen LogP contribution in [0.3, 0.4) is 0 Å². The van der Waals surface area contributed by atoms with E-state index in [1.54, 1.807) is 0 Å². The Kier molecular flexibility index (Phi) is 11.9. The number of imide groups is 1. The number of imidazole rings is 1. The molecule has 1 aliphatic carbocycles. The highest BCUT2D eigenvalue weighted by Gasteiger charge is 2.33. The summed E-state index contributed by atoms with van der Waals surface area (Å²) in [5, 5.41) is 6.88. The molecule has 14 heteroatoms. The second-order valence-corrected chi connectivity index (χ2v) is 12.8. The van der Waals surface area contributed by atoms with E-state index in [-0.39, 0.29) is 49.2 Å². The van der Waals surface area contributed by atoms with Gasteiger partial charge in [0.1, 0.15) is 23.7 Å². The van der Waals surface area contributed by atoms with Gasteiger partial charge < -0.3 is 25.8 Å². The molecule has 2 aromatic heterocycles. The van der Waals surface area contributed by atoms with Gasteiger partial charge >= 0.3 is 5.97 Å². The van der Waals surface area contributed by atoms with Gasteiger partial charge in [-0.05, 0) is 51.0 Å². The number of carbonyl (C=O) groups is 6. The number of aromatic nitrogens is 3. The topological polar surface area (TPSA) is 196 Å². The first kappa shape index (κ1) is 35.4. The predicted octanol–water partition coefficient (Wildman–Crippen LogP) is 3.28. The van der Waals surface area contributed by atoms with Crippen molar-refractivity contribution in [2.24, 2.45) is 11.8 Å². The minimum Gasteiger partial charge on any atom is -0.382 e. The van der Waals surface area contributed by atoms with Gasteiger partial charge in [-0.3, -0.25) is 24.0 Å². The third kappa shape index (κ3) is 8.78. The number of fused-ring (bicyclic) bond motifs is 3. The molecule has 0 radical (unpaired) electrons. The second kappa shape index (κ2) is 16.5. The van der Waals surface area contributed by atoms with Crippen molar-refractivity contribution in [3.63, 3.8) is 0 Å². The number of hydrogen-bond acceptors (Lipinski definition) is 10. The Labute approximate surface area is 284 Å². The Balaban J connectivity index is 1.00. The summed E-state index contributed by atoms with van der Waals surface area (Å²) in [5.41, 5.74) is 8.91. The Morgan fingerprint density at radius 3 is 2.37 bits per heavy atom. The normalized spacial score (nSPS) is 17.9. The van der Waals surface area contributed by atoms with Gasteiger partial charge in [0.2, 0.25) is 11.8 Å². The van der Waals surface area contributed by atoms with Gasteiger partial charge in [0.15, 0.2) is 5.82 Å². The summed E-state index contributed by atoms with van der Waals surface area (Å²) < 4.78 is 2.27. The molecule has 3 heterocycles. The summed E-state index contributed by atoms with van der Waals surface area (Å²) in [6.45, 7) is 2.96. The van der Waals surface area contributed by atoms with E-state index in [1.807, 2.05) is 18.2 Å². The fourth-order valence-corrected chi connectivity index (χ4v) is 6.59. The maximum absolute atomic E-state index is 12.9. The third-order valence-electron chi connectivity index (χ3n) is 9.33. The van der Waals surface area contributed by atoms with Gasteiger partial charge in [0, 0.05) is 62.4 Å². The van der Waals surface area contributed by atoms with Crippen molar-refractivity contribution in [3.8, 4) is 0 Å². The highest BCUT2D eigenvalue weighted by Crippen LogP contribution is 2.31. The number of ketones is 1. The average Bonchev–Trinajstić information content (AvgIpc) is 3.63. The molecule has 5 rings (SSSR count). The Morgan fingerprint density at radius 2 is 1.63 bits per heavy atom. The number of nitrogens with one attached hydrogen (secondary N) is 2. The molecule has 1 aromatic carbocycles. The number of hydroxylamine groups is 2. The van der Waals surface area contributed by atoms with Crippen molar-refractivity contribution < 1.29 is 33.6 Å².